The van der Waals surface area contributed by atoms with E-state index in [4.69, 9.17) is 4.74 Å². The smallest absolute Gasteiger partial charge is 0.357 e. The van der Waals surface area contributed by atoms with Crippen molar-refractivity contribution in [2.45, 2.75) is 48.8 Å². The van der Waals surface area contributed by atoms with Crippen LogP contribution < -0.4 is 4.74 Å². The normalized spacial score (nSPS) is 23.0. The Labute approximate surface area is 245 Å². The third-order valence-corrected chi connectivity index (χ3v) is 9.40. The number of benzene rings is 2. The van der Waals surface area contributed by atoms with Gasteiger partial charge in [0.2, 0.25) is 0 Å². The van der Waals surface area contributed by atoms with Crippen molar-refractivity contribution in [2.75, 3.05) is 13.7 Å². The third-order valence-electron chi connectivity index (χ3n) is 8.45. The Morgan fingerprint density at radius 3 is 2.51 bits per heavy atom. The van der Waals surface area contributed by atoms with E-state index in [2.05, 4.69) is 25.2 Å². The molecule has 15 heteroatoms. The summed E-state index contributed by atoms with van der Waals surface area (Å²) in [5, 5.41) is 34.0. The van der Waals surface area contributed by atoms with E-state index < -0.39 is 58.2 Å². The standard InChI is InChI=1S/C28H25F4N5O5S/c1-41-24(39)21-10-43-23(34-21)22(38)9-42-18-5-2-16(3-6-18)25-11-26(12-25,13-25)28(31,32)27(40,14-37-15-33-35-36-37)19-7-4-17(29)8-20(19)30/h2-8,10,15,22,38,40H,9,11-14H2,1H3/t22-,25?,26?,27-/m1/s1. The number of carbonyl (C=O) groups excluding carboxylic acids is 1. The first-order chi connectivity index (χ1) is 20.4. The van der Waals surface area contributed by atoms with Crippen LogP contribution in [-0.2, 0) is 22.3 Å². The highest BCUT2D eigenvalue weighted by atomic mass is 32.1. The summed E-state index contributed by atoms with van der Waals surface area (Å²) >= 11 is 1.09. The molecular weight excluding hydrogens is 594 g/mol. The number of nitrogens with zero attached hydrogens (tertiary/aromatic N) is 5. The Kier molecular flexibility index (Phi) is 7.01. The molecule has 43 heavy (non-hydrogen) atoms. The summed E-state index contributed by atoms with van der Waals surface area (Å²) in [5.74, 6) is -6.26. The van der Waals surface area contributed by atoms with Crippen molar-refractivity contribution < 1.29 is 42.0 Å². The lowest BCUT2D eigenvalue weighted by atomic mass is 9.30. The highest BCUT2D eigenvalue weighted by Crippen LogP contribution is 2.80. The Bertz CT molecular complexity index is 1630. The van der Waals surface area contributed by atoms with Gasteiger partial charge in [-0.3, -0.25) is 0 Å². The van der Waals surface area contributed by atoms with Gasteiger partial charge in [-0.25, -0.2) is 32.0 Å². The van der Waals surface area contributed by atoms with Crippen LogP contribution in [0, 0.1) is 17.0 Å². The van der Waals surface area contributed by atoms with E-state index in [1.54, 1.807) is 24.3 Å². The molecule has 2 heterocycles. The van der Waals surface area contributed by atoms with Gasteiger partial charge in [0.25, 0.3) is 5.92 Å². The first-order valence-corrected chi connectivity index (χ1v) is 14.0. The van der Waals surface area contributed by atoms with Gasteiger partial charge in [-0.05, 0) is 64.9 Å². The largest absolute Gasteiger partial charge is 0.490 e. The lowest BCUT2D eigenvalue weighted by Gasteiger charge is -2.74. The number of carbonyl (C=O) groups is 1. The molecular formula is C28H25F4N5O5S. The number of ether oxygens (including phenoxy) is 2. The van der Waals surface area contributed by atoms with E-state index >= 15 is 8.78 Å². The second-order valence-corrected chi connectivity index (χ2v) is 12.0. The minimum absolute atomic E-state index is 0.0409. The molecule has 10 nitrogen and oxygen atoms in total. The van der Waals surface area contributed by atoms with Gasteiger partial charge < -0.3 is 19.7 Å². The molecule has 2 bridgehead atoms. The molecule has 3 saturated carbocycles. The van der Waals surface area contributed by atoms with Gasteiger partial charge in [-0.15, -0.1) is 16.4 Å². The Morgan fingerprint density at radius 2 is 1.88 bits per heavy atom. The Hall–Kier alpha value is -3.95. The molecule has 4 aromatic rings. The summed E-state index contributed by atoms with van der Waals surface area (Å²) in [6.45, 7) is -0.971. The third kappa shape index (κ3) is 4.66. The molecule has 0 spiro atoms. The molecule has 2 aromatic carbocycles. The van der Waals surface area contributed by atoms with E-state index in [1.807, 2.05) is 0 Å². The number of alkyl halides is 2. The molecule has 0 radical (unpaired) electrons. The van der Waals surface area contributed by atoms with Crippen LogP contribution in [0.25, 0.3) is 0 Å². The number of thiazole rings is 1. The predicted octanol–water partition coefficient (Wildman–Crippen LogP) is 3.95. The van der Waals surface area contributed by atoms with Crippen molar-refractivity contribution in [3.63, 3.8) is 0 Å². The summed E-state index contributed by atoms with van der Waals surface area (Å²) in [6.07, 6.45) is 0.0730. The molecule has 0 aliphatic heterocycles. The van der Waals surface area contributed by atoms with Crippen molar-refractivity contribution in [3.8, 4) is 5.75 Å². The van der Waals surface area contributed by atoms with E-state index in [0.717, 1.165) is 40.0 Å². The number of aliphatic hydroxyl groups excluding tert-OH is 1. The average molecular weight is 620 g/mol. The molecule has 0 amide bonds. The van der Waals surface area contributed by atoms with Crippen LogP contribution in [0.2, 0.25) is 0 Å². The summed E-state index contributed by atoms with van der Waals surface area (Å²) < 4.78 is 72.3. The number of aliphatic hydroxyl groups is 2. The van der Waals surface area contributed by atoms with Crippen molar-refractivity contribution in [3.05, 3.63) is 87.6 Å². The molecule has 3 fully saturated rings. The van der Waals surface area contributed by atoms with E-state index in [-0.39, 0.29) is 36.6 Å². The predicted molar refractivity (Wildman–Crippen MR) is 141 cm³/mol. The van der Waals surface area contributed by atoms with Crippen LogP contribution in [0.15, 0.2) is 54.2 Å². The van der Waals surface area contributed by atoms with Gasteiger partial charge in [0.05, 0.1) is 13.7 Å². The van der Waals surface area contributed by atoms with Gasteiger partial charge >= 0.3 is 5.97 Å². The summed E-state index contributed by atoms with van der Waals surface area (Å²) in [6, 6.07) is 8.95. The second kappa shape index (κ2) is 10.3. The van der Waals surface area contributed by atoms with Gasteiger partial charge in [0.1, 0.15) is 41.4 Å². The van der Waals surface area contributed by atoms with Crippen LogP contribution in [-0.4, -0.2) is 61.0 Å². The zero-order valence-corrected chi connectivity index (χ0v) is 23.4. The molecule has 7 rings (SSSR count). The molecule has 3 aliphatic rings. The quantitative estimate of drug-likeness (QED) is 0.189. The maximum Gasteiger partial charge on any atom is 0.357 e. The lowest BCUT2D eigenvalue weighted by Crippen LogP contribution is -2.76. The van der Waals surface area contributed by atoms with Crippen LogP contribution in [0.5, 0.6) is 5.75 Å². The molecule has 0 unspecified atom stereocenters. The zero-order valence-electron chi connectivity index (χ0n) is 22.6. The van der Waals surface area contributed by atoms with Gasteiger partial charge in [0, 0.05) is 22.4 Å². The summed E-state index contributed by atoms with van der Waals surface area (Å²) in [5.41, 5.74) is -5.07. The number of esters is 1. The van der Waals surface area contributed by atoms with Crippen molar-refractivity contribution in [2.24, 2.45) is 5.41 Å². The fourth-order valence-corrected chi connectivity index (χ4v) is 7.08. The maximum atomic E-state index is 16.4. The van der Waals surface area contributed by atoms with Gasteiger partial charge in [0.15, 0.2) is 11.3 Å². The minimum atomic E-state index is -3.82. The molecule has 0 saturated heterocycles. The number of methoxy groups -OCH3 is 1. The highest BCUT2D eigenvalue weighted by molar-refractivity contribution is 7.09. The number of aromatic nitrogens is 5. The topological polar surface area (TPSA) is 132 Å². The van der Waals surface area contributed by atoms with Crippen LogP contribution in [0.4, 0.5) is 17.6 Å². The Morgan fingerprint density at radius 1 is 1.16 bits per heavy atom. The van der Waals surface area contributed by atoms with Crippen LogP contribution >= 0.6 is 11.3 Å². The number of hydrogen-bond donors (Lipinski definition) is 2. The second-order valence-electron chi connectivity index (χ2n) is 11.1. The van der Waals surface area contributed by atoms with Gasteiger partial charge in [-0.1, -0.05) is 12.1 Å². The van der Waals surface area contributed by atoms with E-state index in [1.165, 1.54) is 12.5 Å². The zero-order chi connectivity index (χ0) is 30.6. The van der Waals surface area contributed by atoms with Crippen molar-refractivity contribution in [1.82, 2.24) is 25.2 Å². The monoisotopic (exact) mass is 619 g/mol. The maximum absolute atomic E-state index is 16.4. The van der Waals surface area contributed by atoms with Gasteiger partial charge in [-0.2, -0.15) is 0 Å². The SMILES string of the molecule is COC(=O)c1csc([C@H](O)COc2ccc(C34CC(C(F)(F)[C@@](O)(Cn5cnnn5)c5ccc(F)cc5F)(C3)C4)cc2)n1. The Balaban J connectivity index is 1.14. The van der Waals surface area contributed by atoms with E-state index in [9.17, 15) is 23.8 Å². The average Bonchev–Trinajstić information content (AvgIpc) is 3.63. The first-order valence-electron chi connectivity index (χ1n) is 13.1. The molecule has 2 atom stereocenters. The molecule has 226 valence electrons. The number of hydrogen-bond acceptors (Lipinski definition) is 10. The van der Waals surface area contributed by atoms with E-state index in [0.29, 0.717) is 11.8 Å². The lowest BCUT2D eigenvalue weighted by molar-refractivity contribution is -0.347. The number of rotatable bonds is 11. The van der Waals surface area contributed by atoms with Crippen LogP contribution in [0.1, 0.15) is 52.0 Å². The van der Waals surface area contributed by atoms with Crippen molar-refractivity contribution >= 4 is 17.3 Å². The summed E-state index contributed by atoms with van der Waals surface area (Å²) in [4.78, 5) is 15.6. The van der Waals surface area contributed by atoms with Crippen LogP contribution in [0.3, 0.4) is 0 Å². The van der Waals surface area contributed by atoms with Crippen molar-refractivity contribution in [1.29, 1.82) is 0 Å². The number of halogens is 4. The fourth-order valence-electron chi connectivity index (χ4n) is 6.32. The molecule has 2 aromatic heterocycles. The minimum Gasteiger partial charge on any atom is -0.490 e. The first kappa shape index (κ1) is 29.1. The number of tetrazole rings is 1. The fraction of sp³-hybridized carbons (Fsp3) is 0.393. The highest BCUT2D eigenvalue weighted by Gasteiger charge is 2.82. The molecule has 3 aliphatic carbocycles. The molecule has 2 N–H and O–H groups in total. The summed E-state index contributed by atoms with van der Waals surface area (Å²) in [7, 11) is 1.23.